The van der Waals surface area contributed by atoms with Crippen molar-refractivity contribution in [3.63, 3.8) is 0 Å². The number of rotatable bonds is 7. The van der Waals surface area contributed by atoms with E-state index >= 15 is 0 Å². The summed E-state index contributed by atoms with van der Waals surface area (Å²) in [4.78, 5) is 0. The lowest BCUT2D eigenvalue weighted by atomic mass is 9.71. The summed E-state index contributed by atoms with van der Waals surface area (Å²) in [5.41, 5.74) is 0.0900. The van der Waals surface area contributed by atoms with Gasteiger partial charge in [-0.05, 0) is 51.0 Å². The predicted octanol–water partition coefficient (Wildman–Crippen LogP) is 4.00. The van der Waals surface area contributed by atoms with Crippen LogP contribution in [0.4, 0.5) is 0 Å². The molecule has 1 rings (SSSR count). The molecule has 0 saturated heterocycles. The van der Waals surface area contributed by atoms with E-state index in [9.17, 15) is 0 Å². The minimum Gasteiger partial charge on any atom is -0.374 e. The Morgan fingerprint density at radius 3 is 2.28 bits per heavy atom. The predicted molar refractivity (Wildman–Crippen MR) is 78.9 cm³/mol. The van der Waals surface area contributed by atoms with Crippen molar-refractivity contribution in [2.45, 2.75) is 78.4 Å². The number of ether oxygens (including phenoxy) is 1. The lowest BCUT2D eigenvalue weighted by molar-refractivity contribution is -0.107. The summed E-state index contributed by atoms with van der Waals surface area (Å²) < 4.78 is 6.29. The number of likely N-dealkylation sites (N-methyl/N-ethyl adjacent to an activating group) is 1. The molecule has 108 valence electrons. The van der Waals surface area contributed by atoms with Gasteiger partial charge in [0.05, 0.1) is 5.60 Å². The Kier molecular flexibility index (Phi) is 6.65. The highest BCUT2D eigenvalue weighted by molar-refractivity contribution is 4.98. The molecule has 0 heterocycles. The molecule has 1 aliphatic rings. The van der Waals surface area contributed by atoms with E-state index in [4.69, 9.17) is 4.74 Å². The fourth-order valence-electron chi connectivity index (χ4n) is 3.44. The lowest BCUT2D eigenvalue weighted by Crippen LogP contribution is -2.57. The van der Waals surface area contributed by atoms with Crippen LogP contribution in [0.1, 0.15) is 66.7 Å². The van der Waals surface area contributed by atoms with Crippen LogP contribution in [0.3, 0.4) is 0 Å². The molecular formula is C16H33NO. The summed E-state index contributed by atoms with van der Waals surface area (Å²) in [5.74, 6) is 1.56. The van der Waals surface area contributed by atoms with Gasteiger partial charge in [0.1, 0.15) is 0 Å². The Hall–Kier alpha value is -0.0800. The number of hydrogen-bond acceptors (Lipinski definition) is 2. The summed E-state index contributed by atoms with van der Waals surface area (Å²) >= 11 is 0. The molecule has 0 aromatic rings. The summed E-state index contributed by atoms with van der Waals surface area (Å²) in [6.45, 7) is 13.3. The third-order valence-corrected chi connectivity index (χ3v) is 4.76. The molecule has 2 unspecified atom stereocenters. The Morgan fingerprint density at radius 1 is 1.22 bits per heavy atom. The smallest absolute Gasteiger partial charge is 0.0837 e. The zero-order valence-electron chi connectivity index (χ0n) is 13.1. The fraction of sp³-hybridized carbons (Fsp3) is 1.00. The largest absolute Gasteiger partial charge is 0.374 e. The summed E-state index contributed by atoms with van der Waals surface area (Å²) in [5, 5.41) is 3.72. The third kappa shape index (κ3) is 3.71. The topological polar surface area (TPSA) is 21.3 Å². The Labute approximate surface area is 114 Å². The van der Waals surface area contributed by atoms with Crippen molar-refractivity contribution in [1.82, 2.24) is 5.32 Å². The van der Waals surface area contributed by atoms with Crippen LogP contribution in [0, 0.1) is 11.8 Å². The molecule has 0 spiro atoms. The highest BCUT2D eigenvalue weighted by atomic mass is 16.5. The first-order chi connectivity index (χ1) is 8.59. The van der Waals surface area contributed by atoms with E-state index in [0.29, 0.717) is 12.0 Å². The SMILES string of the molecule is CCNC(C(C)CC)C1(OCC)CCC(C)CC1. The Balaban J connectivity index is 2.84. The first kappa shape index (κ1) is 16.0. The maximum absolute atomic E-state index is 6.29. The van der Waals surface area contributed by atoms with Crippen molar-refractivity contribution in [1.29, 1.82) is 0 Å². The van der Waals surface area contributed by atoms with Crippen molar-refractivity contribution in [2.75, 3.05) is 13.2 Å². The molecule has 1 saturated carbocycles. The maximum Gasteiger partial charge on any atom is 0.0837 e. The van der Waals surface area contributed by atoms with Crippen LogP contribution in [0.2, 0.25) is 0 Å². The highest BCUT2D eigenvalue weighted by Gasteiger charge is 2.43. The van der Waals surface area contributed by atoms with Gasteiger partial charge in [0, 0.05) is 12.6 Å². The van der Waals surface area contributed by atoms with Crippen LogP contribution in [-0.2, 0) is 4.74 Å². The molecule has 2 atom stereocenters. The average molecular weight is 255 g/mol. The molecule has 1 fully saturated rings. The van der Waals surface area contributed by atoms with Crippen molar-refractivity contribution >= 4 is 0 Å². The van der Waals surface area contributed by atoms with Crippen LogP contribution >= 0.6 is 0 Å². The quantitative estimate of drug-likeness (QED) is 0.742. The highest BCUT2D eigenvalue weighted by Crippen LogP contribution is 2.39. The van der Waals surface area contributed by atoms with Crippen LogP contribution in [-0.4, -0.2) is 24.8 Å². The molecule has 0 amide bonds. The zero-order valence-corrected chi connectivity index (χ0v) is 13.1. The molecule has 18 heavy (non-hydrogen) atoms. The number of hydrogen-bond donors (Lipinski definition) is 1. The molecule has 0 aromatic heterocycles. The van der Waals surface area contributed by atoms with Crippen LogP contribution in [0.25, 0.3) is 0 Å². The van der Waals surface area contributed by atoms with E-state index in [2.05, 4.69) is 39.9 Å². The zero-order chi connectivity index (χ0) is 13.6. The third-order valence-electron chi connectivity index (χ3n) is 4.76. The standard InChI is InChI=1S/C16H33NO/c1-6-14(5)15(17-7-2)16(18-8-3)11-9-13(4)10-12-16/h13-15,17H,6-12H2,1-5H3. The van der Waals surface area contributed by atoms with Crippen molar-refractivity contribution < 1.29 is 4.74 Å². The molecule has 0 radical (unpaired) electrons. The molecule has 0 aliphatic heterocycles. The normalized spacial score (nSPS) is 32.2. The van der Waals surface area contributed by atoms with Gasteiger partial charge in [-0.25, -0.2) is 0 Å². The van der Waals surface area contributed by atoms with E-state index in [0.717, 1.165) is 19.1 Å². The van der Waals surface area contributed by atoms with E-state index in [1.807, 2.05) is 0 Å². The lowest BCUT2D eigenvalue weighted by Gasteiger charge is -2.47. The first-order valence-corrected chi connectivity index (χ1v) is 7.96. The minimum absolute atomic E-state index is 0.0900. The number of nitrogens with one attached hydrogen (secondary N) is 1. The fourth-order valence-corrected chi connectivity index (χ4v) is 3.44. The molecule has 0 bridgehead atoms. The van der Waals surface area contributed by atoms with E-state index < -0.39 is 0 Å². The molecular weight excluding hydrogens is 222 g/mol. The monoisotopic (exact) mass is 255 g/mol. The van der Waals surface area contributed by atoms with Gasteiger partial charge in [0.25, 0.3) is 0 Å². The maximum atomic E-state index is 6.29. The summed E-state index contributed by atoms with van der Waals surface area (Å²) in [7, 11) is 0. The van der Waals surface area contributed by atoms with E-state index in [1.165, 1.54) is 32.1 Å². The molecule has 2 nitrogen and oxygen atoms in total. The van der Waals surface area contributed by atoms with Crippen LogP contribution in [0.15, 0.2) is 0 Å². The minimum atomic E-state index is 0.0900. The summed E-state index contributed by atoms with van der Waals surface area (Å²) in [6.07, 6.45) is 6.31. The van der Waals surface area contributed by atoms with Gasteiger partial charge in [0.2, 0.25) is 0 Å². The van der Waals surface area contributed by atoms with Crippen molar-refractivity contribution in [3.8, 4) is 0 Å². The molecule has 1 aliphatic carbocycles. The second-order valence-corrected chi connectivity index (χ2v) is 6.10. The van der Waals surface area contributed by atoms with Gasteiger partial charge in [-0.3, -0.25) is 0 Å². The van der Waals surface area contributed by atoms with Gasteiger partial charge < -0.3 is 10.1 Å². The molecule has 2 heteroatoms. The van der Waals surface area contributed by atoms with Crippen LogP contribution < -0.4 is 5.32 Å². The Bertz CT molecular complexity index is 221. The first-order valence-electron chi connectivity index (χ1n) is 7.96. The second-order valence-electron chi connectivity index (χ2n) is 6.10. The van der Waals surface area contributed by atoms with Gasteiger partial charge in [0.15, 0.2) is 0 Å². The Morgan fingerprint density at radius 2 is 1.83 bits per heavy atom. The van der Waals surface area contributed by atoms with Gasteiger partial charge >= 0.3 is 0 Å². The second kappa shape index (κ2) is 7.49. The van der Waals surface area contributed by atoms with Gasteiger partial charge in [-0.15, -0.1) is 0 Å². The van der Waals surface area contributed by atoms with Crippen molar-refractivity contribution in [3.05, 3.63) is 0 Å². The molecule has 0 aromatic carbocycles. The van der Waals surface area contributed by atoms with Gasteiger partial charge in [-0.1, -0.05) is 34.1 Å². The van der Waals surface area contributed by atoms with Gasteiger partial charge in [-0.2, -0.15) is 0 Å². The van der Waals surface area contributed by atoms with Crippen molar-refractivity contribution in [2.24, 2.45) is 11.8 Å². The van der Waals surface area contributed by atoms with Crippen LogP contribution in [0.5, 0.6) is 0 Å². The van der Waals surface area contributed by atoms with E-state index in [-0.39, 0.29) is 5.60 Å². The molecule has 1 N–H and O–H groups in total. The van der Waals surface area contributed by atoms with E-state index in [1.54, 1.807) is 0 Å². The average Bonchev–Trinajstić information content (AvgIpc) is 2.38. The summed E-state index contributed by atoms with van der Waals surface area (Å²) in [6, 6.07) is 0.514.